The summed E-state index contributed by atoms with van der Waals surface area (Å²) in [4.78, 5) is 18.2. The standard InChI is InChI=1S/C4H7O4P/c1-2-3(4(5)6)9(7)8/h2-3,9H,1H2,(H,5,6)(H,7,8). The van der Waals surface area contributed by atoms with Crippen molar-refractivity contribution in [2.24, 2.45) is 0 Å². The first kappa shape index (κ1) is 8.40. The largest absolute Gasteiger partial charge is 0.480 e. The lowest BCUT2D eigenvalue weighted by atomic mass is 10.4. The average molecular weight is 150 g/mol. The van der Waals surface area contributed by atoms with Gasteiger partial charge in [0.15, 0.2) is 0 Å². The van der Waals surface area contributed by atoms with E-state index in [-0.39, 0.29) is 0 Å². The fourth-order valence-electron chi connectivity index (χ4n) is 0.307. The second kappa shape index (κ2) is 3.43. The minimum atomic E-state index is -2.99. The Labute approximate surface area is 52.7 Å². The van der Waals surface area contributed by atoms with Crippen LogP contribution in [0.5, 0.6) is 0 Å². The molecular formula is C4H7O4P. The second-order valence-electron chi connectivity index (χ2n) is 1.39. The van der Waals surface area contributed by atoms with Gasteiger partial charge in [0.05, 0.1) is 0 Å². The van der Waals surface area contributed by atoms with Gasteiger partial charge < -0.3 is 10.00 Å². The van der Waals surface area contributed by atoms with Crippen LogP contribution in [-0.4, -0.2) is 21.6 Å². The van der Waals surface area contributed by atoms with Crippen molar-refractivity contribution in [3.05, 3.63) is 12.7 Å². The molecule has 0 fully saturated rings. The average Bonchev–Trinajstić information content (AvgIpc) is 1.64. The zero-order valence-corrected chi connectivity index (χ0v) is 5.57. The SMILES string of the molecule is C=CC(C(=O)O)[PH](=O)O. The molecule has 0 aliphatic heterocycles. The van der Waals surface area contributed by atoms with Crippen LogP contribution in [0.3, 0.4) is 0 Å². The van der Waals surface area contributed by atoms with Gasteiger partial charge in [-0.25, -0.2) is 0 Å². The van der Waals surface area contributed by atoms with E-state index in [1.807, 2.05) is 0 Å². The lowest BCUT2D eigenvalue weighted by Crippen LogP contribution is -2.12. The second-order valence-corrected chi connectivity index (χ2v) is 2.69. The van der Waals surface area contributed by atoms with Crippen molar-refractivity contribution in [1.29, 1.82) is 0 Å². The third-order valence-corrected chi connectivity index (χ3v) is 1.78. The van der Waals surface area contributed by atoms with Gasteiger partial charge in [-0.1, -0.05) is 6.08 Å². The third kappa shape index (κ3) is 2.44. The Bertz CT molecular complexity index is 139. The van der Waals surface area contributed by atoms with E-state index in [0.29, 0.717) is 0 Å². The molecule has 0 aromatic carbocycles. The third-order valence-electron chi connectivity index (χ3n) is 0.768. The molecular weight excluding hydrogens is 143 g/mol. The quantitative estimate of drug-likeness (QED) is 0.441. The zero-order chi connectivity index (χ0) is 7.44. The molecule has 0 radical (unpaired) electrons. The number of hydrogen-bond donors (Lipinski definition) is 2. The molecule has 0 aromatic rings. The van der Waals surface area contributed by atoms with Gasteiger partial charge in [0.1, 0.15) is 5.66 Å². The van der Waals surface area contributed by atoms with Gasteiger partial charge in [0.25, 0.3) is 0 Å². The topological polar surface area (TPSA) is 74.6 Å². The zero-order valence-electron chi connectivity index (χ0n) is 4.57. The van der Waals surface area contributed by atoms with Crippen LogP contribution in [0.4, 0.5) is 0 Å². The molecule has 0 aliphatic carbocycles. The van der Waals surface area contributed by atoms with Crippen LogP contribution < -0.4 is 0 Å². The van der Waals surface area contributed by atoms with Crippen molar-refractivity contribution in [3.63, 3.8) is 0 Å². The lowest BCUT2D eigenvalue weighted by molar-refractivity contribution is -0.135. The summed E-state index contributed by atoms with van der Waals surface area (Å²) in [5.74, 6) is -1.31. The molecule has 9 heavy (non-hydrogen) atoms. The predicted octanol–water partition coefficient (Wildman–Crippen LogP) is 0.0926. The van der Waals surface area contributed by atoms with Crippen molar-refractivity contribution in [2.75, 3.05) is 0 Å². The first-order valence-electron chi connectivity index (χ1n) is 2.17. The number of carboxylic acids is 1. The van der Waals surface area contributed by atoms with Crippen LogP contribution in [0.2, 0.25) is 0 Å². The van der Waals surface area contributed by atoms with E-state index in [1.165, 1.54) is 0 Å². The maximum atomic E-state index is 10.1. The van der Waals surface area contributed by atoms with E-state index in [1.54, 1.807) is 0 Å². The van der Waals surface area contributed by atoms with Crippen molar-refractivity contribution >= 4 is 14.0 Å². The minimum Gasteiger partial charge on any atom is -0.480 e. The van der Waals surface area contributed by atoms with Gasteiger partial charge in [-0.3, -0.25) is 9.36 Å². The summed E-state index contributed by atoms with van der Waals surface area (Å²) >= 11 is 0. The fraction of sp³-hybridized carbons (Fsp3) is 0.250. The molecule has 0 aromatic heterocycles. The van der Waals surface area contributed by atoms with Gasteiger partial charge >= 0.3 is 5.97 Å². The molecule has 0 saturated carbocycles. The Hall–Kier alpha value is -0.600. The van der Waals surface area contributed by atoms with E-state index in [9.17, 15) is 9.36 Å². The smallest absolute Gasteiger partial charge is 0.319 e. The Morgan fingerprint density at radius 1 is 1.78 bits per heavy atom. The molecule has 0 bridgehead atoms. The normalized spacial score (nSPS) is 16.1. The first-order chi connectivity index (χ1) is 4.09. The first-order valence-corrected chi connectivity index (χ1v) is 3.61. The molecule has 0 saturated heterocycles. The van der Waals surface area contributed by atoms with Gasteiger partial charge in [-0.2, -0.15) is 0 Å². The van der Waals surface area contributed by atoms with E-state index in [4.69, 9.17) is 10.00 Å². The minimum absolute atomic E-state index is 0.948. The monoisotopic (exact) mass is 150 g/mol. The summed E-state index contributed by atoms with van der Waals surface area (Å²) in [6.45, 7) is 3.09. The molecule has 0 aliphatic rings. The molecule has 2 unspecified atom stereocenters. The van der Waals surface area contributed by atoms with Crippen LogP contribution in [0.25, 0.3) is 0 Å². The molecule has 4 nitrogen and oxygen atoms in total. The van der Waals surface area contributed by atoms with Crippen molar-refractivity contribution in [1.82, 2.24) is 0 Å². The maximum absolute atomic E-state index is 10.1. The van der Waals surface area contributed by atoms with Gasteiger partial charge in [-0.05, 0) is 0 Å². The fourth-order valence-corrected chi connectivity index (χ4v) is 0.720. The Kier molecular flexibility index (Phi) is 3.20. The highest BCUT2D eigenvalue weighted by Crippen LogP contribution is 2.22. The van der Waals surface area contributed by atoms with Crippen LogP contribution in [-0.2, 0) is 9.36 Å². The van der Waals surface area contributed by atoms with Gasteiger partial charge in [0, 0.05) is 0 Å². The summed E-state index contributed by atoms with van der Waals surface area (Å²) in [6, 6.07) is 0. The molecule has 2 N–H and O–H groups in total. The van der Waals surface area contributed by atoms with Crippen LogP contribution >= 0.6 is 8.03 Å². The Balaban J connectivity index is 4.16. The van der Waals surface area contributed by atoms with E-state index in [0.717, 1.165) is 6.08 Å². The molecule has 5 heteroatoms. The highest BCUT2D eigenvalue weighted by molar-refractivity contribution is 7.40. The number of rotatable bonds is 3. The van der Waals surface area contributed by atoms with E-state index in [2.05, 4.69) is 6.58 Å². The Morgan fingerprint density at radius 2 is 2.22 bits per heavy atom. The maximum Gasteiger partial charge on any atom is 0.319 e. The van der Waals surface area contributed by atoms with Gasteiger partial charge in [0.2, 0.25) is 8.03 Å². The van der Waals surface area contributed by atoms with Crippen molar-refractivity contribution in [3.8, 4) is 0 Å². The summed E-state index contributed by atoms with van der Waals surface area (Å²) in [5.41, 5.74) is -1.30. The molecule has 2 atom stereocenters. The van der Waals surface area contributed by atoms with E-state index >= 15 is 0 Å². The highest BCUT2D eigenvalue weighted by atomic mass is 31.1. The lowest BCUT2D eigenvalue weighted by Gasteiger charge is -1.98. The van der Waals surface area contributed by atoms with Crippen LogP contribution in [0.1, 0.15) is 0 Å². The molecule has 0 amide bonds. The highest BCUT2D eigenvalue weighted by Gasteiger charge is 2.17. The summed E-state index contributed by atoms with van der Waals surface area (Å²) < 4.78 is 10.1. The van der Waals surface area contributed by atoms with Crippen molar-refractivity contribution in [2.45, 2.75) is 5.66 Å². The van der Waals surface area contributed by atoms with Crippen LogP contribution in [0, 0.1) is 0 Å². The predicted molar refractivity (Wildman–Crippen MR) is 32.8 cm³/mol. The number of hydrogen-bond acceptors (Lipinski definition) is 2. The van der Waals surface area contributed by atoms with Gasteiger partial charge in [-0.15, -0.1) is 6.58 Å². The van der Waals surface area contributed by atoms with Crippen LogP contribution in [0.15, 0.2) is 12.7 Å². The molecule has 0 heterocycles. The number of carbonyl (C=O) groups is 1. The molecule has 52 valence electrons. The number of aliphatic carboxylic acids is 1. The molecule has 0 rings (SSSR count). The van der Waals surface area contributed by atoms with Crippen molar-refractivity contribution < 1.29 is 19.4 Å². The summed E-state index contributed by atoms with van der Waals surface area (Å²) in [7, 11) is -2.99. The molecule has 0 spiro atoms. The Morgan fingerprint density at radius 3 is 2.22 bits per heavy atom. The van der Waals surface area contributed by atoms with E-state index < -0.39 is 19.7 Å². The summed E-state index contributed by atoms with van der Waals surface area (Å²) in [5, 5.41) is 8.14. The number of carboxylic acid groups (broad SMARTS) is 1. The summed E-state index contributed by atoms with van der Waals surface area (Å²) in [6.07, 6.45) is 0.948.